The van der Waals surface area contributed by atoms with Crippen molar-refractivity contribution in [3.05, 3.63) is 29.8 Å². The van der Waals surface area contributed by atoms with E-state index in [2.05, 4.69) is 41.5 Å². The Bertz CT molecular complexity index is 435. The number of hydrogen-bond acceptors (Lipinski definition) is 3. The van der Waals surface area contributed by atoms with Crippen molar-refractivity contribution < 1.29 is 0 Å². The van der Waals surface area contributed by atoms with Crippen molar-refractivity contribution in [1.29, 1.82) is 0 Å². The van der Waals surface area contributed by atoms with Crippen LogP contribution in [-0.4, -0.2) is 43.4 Å². The van der Waals surface area contributed by atoms with Gasteiger partial charge in [0.05, 0.1) is 0 Å². The topological polar surface area (TPSA) is 15.3 Å². The van der Waals surface area contributed by atoms with Crippen LogP contribution in [0.15, 0.2) is 29.2 Å². The Morgan fingerprint density at radius 1 is 1.30 bits per heavy atom. The molecule has 2 atom stereocenters. The Labute approximate surface area is 127 Å². The number of benzene rings is 1. The molecule has 1 saturated heterocycles. The van der Waals surface area contributed by atoms with E-state index < -0.39 is 0 Å². The summed E-state index contributed by atoms with van der Waals surface area (Å²) in [5.74, 6) is 2.01. The van der Waals surface area contributed by atoms with Gasteiger partial charge in [-0.25, -0.2) is 0 Å². The molecule has 2 nitrogen and oxygen atoms in total. The molecule has 0 radical (unpaired) electrons. The van der Waals surface area contributed by atoms with Crippen molar-refractivity contribution in [3.63, 3.8) is 0 Å². The third-order valence-electron chi connectivity index (χ3n) is 4.73. The zero-order chi connectivity index (χ0) is 13.8. The first-order valence-electron chi connectivity index (χ1n) is 7.99. The van der Waals surface area contributed by atoms with Gasteiger partial charge in [0, 0.05) is 29.2 Å². The number of rotatable bonds is 5. The van der Waals surface area contributed by atoms with E-state index in [0.29, 0.717) is 0 Å². The first kappa shape index (κ1) is 14.4. The van der Waals surface area contributed by atoms with E-state index in [4.69, 9.17) is 0 Å². The van der Waals surface area contributed by atoms with Crippen molar-refractivity contribution in [1.82, 2.24) is 10.2 Å². The molecule has 20 heavy (non-hydrogen) atoms. The molecule has 0 aliphatic carbocycles. The molecule has 1 aromatic carbocycles. The van der Waals surface area contributed by atoms with Crippen molar-refractivity contribution in [2.45, 2.75) is 42.5 Å². The van der Waals surface area contributed by atoms with Gasteiger partial charge in [-0.3, -0.25) is 4.90 Å². The molecule has 3 rings (SSSR count). The van der Waals surface area contributed by atoms with Crippen LogP contribution in [0.1, 0.15) is 37.2 Å². The summed E-state index contributed by atoms with van der Waals surface area (Å²) in [5, 5.41) is 3.31. The van der Waals surface area contributed by atoms with Crippen LogP contribution < -0.4 is 5.32 Å². The minimum Gasteiger partial charge on any atom is -0.320 e. The van der Waals surface area contributed by atoms with Crippen LogP contribution >= 0.6 is 11.8 Å². The second-order valence-electron chi connectivity index (χ2n) is 6.08. The van der Waals surface area contributed by atoms with E-state index in [0.717, 1.165) is 18.5 Å². The lowest BCUT2D eigenvalue weighted by Crippen LogP contribution is -2.43. The van der Waals surface area contributed by atoms with E-state index in [-0.39, 0.29) is 0 Å². The number of hydrogen-bond donors (Lipinski definition) is 1. The standard InChI is InChI=1S/C17H26N2S/c1-18-10-9-15-6-4-5-11-19(15)12-14-13-20-17-8-3-2-7-16(14)17/h2-3,7-8,14-15,18H,4-6,9-13H2,1H3. The number of likely N-dealkylation sites (tertiary alicyclic amines) is 1. The highest BCUT2D eigenvalue weighted by Gasteiger charge is 2.28. The van der Waals surface area contributed by atoms with E-state index in [1.165, 1.54) is 49.4 Å². The van der Waals surface area contributed by atoms with Gasteiger partial charge in [-0.15, -0.1) is 11.8 Å². The Morgan fingerprint density at radius 3 is 3.10 bits per heavy atom. The third-order valence-corrected chi connectivity index (χ3v) is 5.98. The molecule has 2 heterocycles. The molecule has 3 heteroatoms. The second-order valence-corrected chi connectivity index (χ2v) is 7.14. The van der Waals surface area contributed by atoms with Crippen molar-refractivity contribution in [2.75, 3.05) is 32.4 Å². The lowest BCUT2D eigenvalue weighted by atomic mass is 9.95. The maximum Gasteiger partial charge on any atom is 0.0108 e. The van der Waals surface area contributed by atoms with Gasteiger partial charge in [0.1, 0.15) is 0 Å². The van der Waals surface area contributed by atoms with Gasteiger partial charge < -0.3 is 5.32 Å². The van der Waals surface area contributed by atoms with Gasteiger partial charge >= 0.3 is 0 Å². The molecule has 2 unspecified atom stereocenters. The van der Waals surface area contributed by atoms with Crippen LogP contribution in [0.2, 0.25) is 0 Å². The molecule has 2 aliphatic rings. The van der Waals surface area contributed by atoms with Gasteiger partial charge in [0.2, 0.25) is 0 Å². The predicted molar refractivity (Wildman–Crippen MR) is 87.7 cm³/mol. The third kappa shape index (κ3) is 3.21. The summed E-state index contributed by atoms with van der Waals surface area (Å²) < 4.78 is 0. The van der Waals surface area contributed by atoms with Crippen LogP contribution in [-0.2, 0) is 0 Å². The number of nitrogens with one attached hydrogen (secondary N) is 1. The molecular weight excluding hydrogens is 264 g/mol. The Hall–Kier alpha value is -0.510. The maximum atomic E-state index is 3.31. The summed E-state index contributed by atoms with van der Waals surface area (Å²) in [6, 6.07) is 9.80. The summed E-state index contributed by atoms with van der Waals surface area (Å²) in [6.07, 6.45) is 5.50. The quantitative estimate of drug-likeness (QED) is 0.895. The van der Waals surface area contributed by atoms with Crippen LogP contribution in [0.25, 0.3) is 0 Å². The Kier molecular flexibility index (Phi) is 5.03. The van der Waals surface area contributed by atoms with E-state index in [1.807, 2.05) is 11.8 Å². The zero-order valence-electron chi connectivity index (χ0n) is 12.5. The normalized spacial score (nSPS) is 26.6. The van der Waals surface area contributed by atoms with Gasteiger partial charge in [-0.05, 0) is 51.0 Å². The molecule has 1 N–H and O–H groups in total. The fraction of sp³-hybridized carbons (Fsp3) is 0.647. The zero-order valence-corrected chi connectivity index (χ0v) is 13.3. The summed E-state index contributed by atoms with van der Waals surface area (Å²) >= 11 is 2.04. The van der Waals surface area contributed by atoms with Crippen LogP contribution in [0, 0.1) is 0 Å². The molecule has 0 aromatic heterocycles. The lowest BCUT2D eigenvalue weighted by Gasteiger charge is -2.37. The Balaban J connectivity index is 1.64. The smallest absolute Gasteiger partial charge is 0.0108 e. The summed E-state index contributed by atoms with van der Waals surface area (Å²) in [4.78, 5) is 4.29. The molecule has 0 spiro atoms. The number of fused-ring (bicyclic) bond motifs is 1. The predicted octanol–water partition coefficient (Wildman–Crippen LogP) is 3.34. The number of nitrogens with zero attached hydrogens (tertiary/aromatic N) is 1. The minimum atomic E-state index is 0.742. The van der Waals surface area contributed by atoms with Crippen LogP contribution in [0.5, 0.6) is 0 Å². The minimum absolute atomic E-state index is 0.742. The number of thioether (sulfide) groups is 1. The first-order chi connectivity index (χ1) is 9.88. The largest absolute Gasteiger partial charge is 0.320 e. The fourth-order valence-corrected chi connectivity index (χ4v) is 4.84. The van der Waals surface area contributed by atoms with Gasteiger partial charge in [0.25, 0.3) is 0 Å². The highest BCUT2D eigenvalue weighted by atomic mass is 32.2. The van der Waals surface area contributed by atoms with Crippen LogP contribution in [0.3, 0.4) is 0 Å². The average molecular weight is 290 g/mol. The summed E-state index contributed by atoms with van der Waals surface area (Å²) in [5.41, 5.74) is 1.59. The van der Waals surface area contributed by atoms with Gasteiger partial charge in [-0.2, -0.15) is 0 Å². The van der Waals surface area contributed by atoms with Crippen molar-refractivity contribution >= 4 is 11.8 Å². The summed E-state index contributed by atoms with van der Waals surface area (Å²) in [7, 11) is 2.07. The average Bonchev–Trinajstić information content (AvgIpc) is 2.90. The molecule has 1 fully saturated rings. The van der Waals surface area contributed by atoms with E-state index in [1.54, 1.807) is 5.56 Å². The first-order valence-corrected chi connectivity index (χ1v) is 8.97. The second kappa shape index (κ2) is 6.97. The van der Waals surface area contributed by atoms with Gasteiger partial charge in [0.15, 0.2) is 0 Å². The molecule has 0 saturated carbocycles. The molecular formula is C17H26N2S. The molecule has 0 bridgehead atoms. The lowest BCUT2D eigenvalue weighted by molar-refractivity contribution is 0.134. The maximum absolute atomic E-state index is 3.31. The highest BCUT2D eigenvalue weighted by Crippen LogP contribution is 2.40. The van der Waals surface area contributed by atoms with E-state index in [9.17, 15) is 0 Å². The number of piperidine rings is 1. The molecule has 1 aromatic rings. The molecule has 110 valence electrons. The van der Waals surface area contributed by atoms with Crippen molar-refractivity contribution in [3.8, 4) is 0 Å². The molecule has 0 amide bonds. The molecule has 2 aliphatic heterocycles. The van der Waals surface area contributed by atoms with Crippen LogP contribution in [0.4, 0.5) is 0 Å². The SMILES string of the molecule is CNCCC1CCCCN1CC1CSc2ccccc21. The van der Waals surface area contributed by atoms with Crippen molar-refractivity contribution in [2.24, 2.45) is 0 Å². The van der Waals surface area contributed by atoms with Gasteiger partial charge in [-0.1, -0.05) is 24.6 Å². The van der Waals surface area contributed by atoms with E-state index >= 15 is 0 Å². The monoisotopic (exact) mass is 290 g/mol. The fourth-order valence-electron chi connectivity index (χ4n) is 3.60. The Morgan fingerprint density at radius 2 is 2.20 bits per heavy atom. The highest BCUT2D eigenvalue weighted by molar-refractivity contribution is 7.99. The summed E-state index contributed by atoms with van der Waals surface area (Å²) in [6.45, 7) is 3.72.